The molecule has 2 bridgehead atoms. The number of benzene rings is 2. The van der Waals surface area contributed by atoms with Gasteiger partial charge in [-0.2, -0.15) is 0 Å². The van der Waals surface area contributed by atoms with Gasteiger partial charge in [-0.25, -0.2) is 18.0 Å². The Balaban J connectivity index is 1.89. The van der Waals surface area contributed by atoms with Crippen LogP contribution in [0.25, 0.3) is 22.7 Å². The van der Waals surface area contributed by atoms with Gasteiger partial charge in [-0.1, -0.05) is 6.58 Å². The van der Waals surface area contributed by atoms with Crippen LogP contribution >= 0.6 is 0 Å². The number of hydrogen-bond donors (Lipinski definition) is 2. The topological polar surface area (TPSA) is 74.6 Å². The highest BCUT2D eigenvalue weighted by molar-refractivity contribution is 5.98. The zero-order chi connectivity index (χ0) is 22.7. The van der Waals surface area contributed by atoms with E-state index in [1.807, 2.05) is 4.90 Å². The lowest BCUT2D eigenvalue weighted by molar-refractivity contribution is 0.0694. The van der Waals surface area contributed by atoms with Crippen LogP contribution in [0.15, 0.2) is 41.7 Å². The van der Waals surface area contributed by atoms with Crippen molar-refractivity contribution in [2.24, 2.45) is 0 Å². The Morgan fingerprint density at radius 1 is 1.16 bits per heavy atom. The summed E-state index contributed by atoms with van der Waals surface area (Å²) in [5.41, 5.74) is -1.60. The molecule has 6 nitrogen and oxygen atoms in total. The number of aromatic carboxylic acids is 1. The third-order valence-electron chi connectivity index (χ3n) is 6.20. The molecular formula is C23H18F3N3O3. The number of piperazine rings is 1. The molecule has 164 valence electrons. The fraction of sp³-hybridized carbons (Fsp3) is 0.217. The first kappa shape index (κ1) is 20.3. The fourth-order valence-electron chi connectivity index (χ4n) is 4.81. The number of aromatic nitrogens is 1. The van der Waals surface area contributed by atoms with Crippen molar-refractivity contribution in [1.82, 2.24) is 9.88 Å². The van der Waals surface area contributed by atoms with Gasteiger partial charge in [-0.05, 0) is 36.8 Å². The van der Waals surface area contributed by atoms with Gasteiger partial charge in [0, 0.05) is 31.2 Å². The van der Waals surface area contributed by atoms with Crippen LogP contribution in [0, 0.1) is 17.5 Å². The number of fused-ring (bicyclic) bond motifs is 3. The molecule has 0 saturated carbocycles. The molecule has 0 aliphatic carbocycles. The summed E-state index contributed by atoms with van der Waals surface area (Å²) >= 11 is 0. The highest BCUT2D eigenvalue weighted by atomic mass is 19.1. The molecule has 2 aliphatic rings. The van der Waals surface area contributed by atoms with Crippen molar-refractivity contribution in [2.75, 3.05) is 18.0 Å². The zero-order valence-corrected chi connectivity index (χ0v) is 16.7. The Morgan fingerprint density at radius 2 is 1.91 bits per heavy atom. The molecule has 2 aliphatic heterocycles. The molecule has 0 radical (unpaired) electrons. The van der Waals surface area contributed by atoms with Gasteiger partial charge in [0.25, 0.3) is 0 Å². The lowest BCUT2D eigenvalue weighted by Gasteiger charge is -2.30. The number of carboxylic acids is 1. The Morgan fingerprint density at radius 3 is 2.50 bits per heavy atom. The molecular weight excluding hydrogens is 423 g/mol. The van der Waals surface area contributed by atoms with E-state index in [1.165, 1.54) is 10.6 Å². The van der Waals surface area contributed by atoms with Gasteiger partial charge >= 0.3 is 5.97 Å². The van der Waals surface area contributed by atoms with Gasteiger partial charge in [0.15, 0.2) is 0 Å². The molecule has 9 heteroatoms. The number of hydrogen-bond acceptors (Lipinski definition) is 4. The molecule has 32 heavy (non-hydrogen) atoms. The summed E-state index contributed by atoms with van der Waals surface area (Å²) in [6, 6.07) is 5.53. The van der Waals surface area contributed by atoms with Crippen LogP contribution in [-0.2, 0) is 0 Å². The summed E-state index contributed by atoms with van der Waals surface area (Å²) in [6.07, 6.45) is 1.98. The monoisotopic (exact) mass is 441 g/mol. The maximum atomic E-state index is 15.2. The van der Waals surface area contributed by atoms with E-state index in [-0.39, 0.29) is 40.1 Å². The van der Waals surface area contributed by atoms with Crippen LogP contribution in [-0.4, -0.2) is 40.8 Å². The first-order chi connectivity index (χ1) is 15.3. The number of carboxylic acid groups (broad SMARTS) is 1. The number of rotatable bonds is 4. The largest absolute Gasteiger partial charge is 0.477 e. The second-order valence-corrected chi connectivity index (χ2v) is 8.00. The highest BCUT2D eigenvalue weighted by Gasteiger charge is 2.39. The van der Waals surface area contributed by atoms with E-state index in [0.29, 0.717) is 19.2 Å². The number of pyridine rings is 1. The lowest BCUT2D eigenvalue weighted by atomic mass is 10.0. The summed E-state index contributed by atoms with van der Waals surface area (Å²) in [5, 5.41) is 12.8. The minimum Gasteiger partial charge on any atom is -0.477 e. The average Bonchev–Trinajstić information content (AvgIpc) is 3.37. The predicted molar refractivity (Wildman–Crippen MR) is 114 cm³/mol. The lowest BCUT2D eigenvalue weighted by Crippen LogP contribution is -2.44. The maximum absolute atomic E-state index is 15.2. The molecule has 1 aromatic heterocycles. The third kappa shape index (κ3) is 2.92. The van der Waals surface area contributed by atoms with Gasteiger partial charge in [0.1, 0.15) is 23.0 Å². The van der Waals surface area contributed by atoms with Gasteiger partial charge < -0.3 is 19.9 Å². The normalized spacial score (nSPS) is 19.7. The van der Waals surface area contributed by atoms with E-state index in [4.69, 9.17) is 0 Å². The van der Waals surface area contributed by atoms with E-state index in [2.05, 4.69) is 11.9 Å². The Kier molecular flexibility index (Phi) is 4.59. The second kappa shape index (κ2) is 7.23. The quantitative estimate of drug-likeness (QED) is 0.650. The van der Waals surface area contributed by atoms with Crippen molar-refractivity contribution in [3.8, 4) is 5.69 Å². The van der Waals surface area contributed by atoms with Crippen molar-refractivity contribution >= 4 is 28.6 Å². The minimum atomic E-state index is -1.56. The van der Waals surface area contributed by atoms with Gasteiger partial charge in [0.2, 0.25) is 5.43 Å². The average molecular weight is 441 g/mol. The van der Waals surface area contributed by atoms with Crippen LogP contribution in [0.2, 0.25) is 0 Å². The molecule has 2 aromatic carbocycles. The summed E-state index contributed by atoms with van der Waals surface area (Å²) < 4.78 is 44.7. The van der Waals surface area contributed by atoms with E-state index in [9.17, 15) is 23.5 Å². The van der Waals surface area contributed by atoms with Crippen LogP contribution in [0.3, 0.4) is 0 Å². The summed E-state index contributed by atoms with van der Waals surface area (Å²) in [4.78, 5) is 26.8. The standard InChI is InChI=1S/C23H18F3N3O3/c1-2-17-21(23(31)32)22(30)14-7-16(26)20(28-10-12-6-13(28)9-27-12)8-19(14)29(17)18-4-3-11(24)5-15(18)25/h2-5,7-8,12-13,27H,1,6,9-10H2,(H,31,32). The Bertz CT molecular complexity index is 1370. The minimum absolute atomic E-state index is 0.0758. The predicted octanol–water partition coefficient (Wildman–Crippen LogP) is 3.30. The van der Waals surface area contributed by atoms with E-state index >= 15 is 4.39 Å². The van der Waals surface area contributed by atoms with Crippen molar-refractivity contribution in [1.29, 1.82) is 0 Å². The Hall–Kier alpha value is -3.59. The van der Waals surface area contributed by atoms with Crippen molar-refractivity contribution in [3.05, 3.63) is 75.8 Å². The molecule has 2 atom stereocenters. The number of nitrogens with one attached hydrogen (secondary N) is 1. The van der Waals surface area contributed by atoms with Crippen molar-refractivity contribution in [2.45, 2.75) is 18.5 Å². The number of carbonyl (C=O) groups is 1. The maximum Gasteiger partial charge on any atom is 0.341 e. The van der Waals surface area contributed by atoms with Crippen molar-refractivity contribution < 1.29 is 23.1 Å². The molecule has 2 fully saturated rings. The van der Waals surface area contributed by atoms with E-state index < -0.39 is 34.4 Å². The van der Waals surface area contributed by atoms with Crippen LogP contribution in [0.4, 0.5) is 18.9 Å². The summed E-state index contributed by atoms with van der Waals surface area (Å²) in [7, 11) is 0. The molecule has 3 heterocycles. The molecule has 5 rings (SSSR count). The van der Waals surface area contributed by atoms with Crippen LogP contribution in [0.5, 0.6) is 0 Å². The van der Waals surface area contributed by atoms with Crippen LogP contribution < -0.4 is 15.6 Å². The Labute approximate surface area is 180 Å². The smallest absolute Gasteiger partial charge is 0.341 e. The van der Waals surface area contributed by atoms with E-state index in [1.54, 1.807) is 0 Å². The molecule has 0 spiro atoms. The molecule has 2 unspecified atom stereocenters. The van der Waals surface area contributed by atoms with Crippen LogP contribution in [0.1, 0.15) is 22.5 Å². The molecule has 0 amide bonds. The van der Waals surface area contributed by atoms with Crippen molar-refractivity contribution in [3.63, 3.8) is 0 Å². The second-order valence-electron chi connectivity index (χ2n) is 8.00. The fourth-order valence-corrected chi connectivity index (χ4v) is 4.81. The number of nitrogens with zero attached hydrogens (tertiary/aromatic N) is 2. The van der Waals surface area contributed by atoms with Gasteiger partial charge in [0.05, 0.1) is 28.0 Å². The SMILES string of the molecule is C=Cc1c(C(=O)O)c(=O)c2cc(F)c(N3CC4CC3CN4)cc2n1-c1ccc(F)cc1F. The number of anilines is 1. The summed E-state index contributed by atoms with van der Waals surface area (Å²) in [5.74, 6) is -4.02. The zero-order valence-electron chi connectivity index (χ0n) is 16.7. The van der Waals surface area contributed by atoms with E-state index in [0.717, 1.165) is 30.7 Å². The summed E-state index contributed by atoms with van der Waals surface area (Å²) in [6.45, 7) is 4.86. The molecule has 2 saturated heterocycles. The first-order valence-corrected chi connectivity index (χ1v) is 10.0. The molecule has 3 aromatic rings. The third-order valence-corrected chi connectivity index (χ3v) is 6.20. The first-order valence-electron chi connectivity index (χ1n) is 10.0. The highest BCUT2D eigenvalue weighted by Crippen LogP contribution is 2.35. The number of halogens is 3. The van der Waals surface area contributed by atoms with Gasteiger partial charge in [-0.15, -0.1) is 0 Å². The van der Waals surface area contributed by atoms with Gasteiger partial charge in [-0.3, -0.25) is 4.79 Å². The molecule has 2 N–H and O–H groups in total.